The molecule has 2 N–H and O–H groups in total. The first-order chi connectivity index (χ1) is 8.84. The molecule has 0 aliphatic carbocycles. The lowest BCUT2D eigenvalue weighted by molar-refractivity contribution is 1.08. The number of anilines is 1. The van der Waals surface area contributed by atoms with Gasteiger partial charge >= 0.3 is 0 Å². The summed E-state index contributed by atoms with van der Waals surface area (Å²) in [5.74, 6) is 0. The lowest BCUT2D eigenvalue weighted by atomic mass is 10.2. The number of hydrogen-bond acceptors (Lipinski definition) is 3. The van der Waals surface area contributed by atoms with Crippen molar-refractivity contribution in [3.63, 3.8) is 0 Å². The van der Waals surface area contributed by atoms with Crippen molar-refractivity contribution < 1.29 is 0 Å². The van der Waals surface area contributed by atoms with Gasteiger partial charge in [0.2, 0.25) is 0 Å². The van der Waals surface area contributed by atoms with Crippen molar-refractivity contribution in [3.05, 3.63) is 53.7 Å². The van der Waals surface area contributed by atoms with E-state index in [0.29, 0.717) is 11.6 Å². The van der Waals surface area contributed by atoms with Crippen molar-refractivity contribution in [1.82, 2.24) is 15.0 Å². The van der Waals surface area contributed by atoms with Crippen LogP contribution in [0.25, 0.3) is 10.9 Å². The van der Waals surface area contributed by atoms with E-state index < -0.39 is 0 Å². The quantitative estimate of drug-likeness (QED) is 0.758. The second-order valence-electron chi connectivity index (χ2n) is 3.92. The standard InChI is InChI=1S/C13H11ClN4/c14-11-3-4-12(13-10(11)2-1-5-16-13)17-7-9-6-15-8-18-9/h1-6,8,17H,7H2,(H,15,18). The molecule has 0 fully saturated rings. The molecule has 3 aromatic rings. The van der Waals surface area contributed by atoms with E-state index in [0.717, 1.165) is 22.3 Å². The lowest BCUT2D eigenvalue weighted by Gasteiger charge is -2.09. The lowest BCUT2D eigenvalue weighted by Crippen LogP contribution is -2.00. The van der Waals surface area contributed by atoms with Crippen LogP contribution in [0.4, 0.5) is 5.69 Å². The van der Waals surface area contributed by atoms with E-state index in [9.17, 15) is 0 Å². The maximum Gasteiger partial charge on any atom is 0.0948 e. The van der Waals surface area contributed by atoms with E-state index in [2.05, 4.69) is 20.3 Å². The van der Waals surface area contributed by atoms with Gasteiger partial charge in [-0.2, -0.15) is 0 Å². The first kappa shape index (κ1) is 11.0. The van der Waals surface area contributed by atoms with Crippen LogP contribution in [0.3, 0.4) is 0 Å². The van der Waals surface area contributed by atoms with Gasteiger partial charge in [0.15, 0.2) is 0 Å². The van der Waals surface area contributed by atoms with Gasteiger partial charge in [0, 0.05) is 17.8 Å². The number of hydrogen-bond donors (Lipinski definition) is 2. The maximum absolute atomic E-state index is 6.14. The molecular formula is C13H11ClN4. The number of nitrogens with one attached hydrogen (secondary N) is 2. The highest BCUT2D eigenvalue weighted by atomic mass is 35.5. The molecule has 2 heterocycles. The summed E-state index contributed by atoms with van der Waals surface area (Å²) in [6.07, 6.45) is 5.22. The molecule has 0 saturated carbocycles. The summed E-state index contributed by atoms with van der Waals surface area (Å²) < 4.78 is 0. The normalized spacial score (nSPS) is 10.7. The van der Waals surface area contributed by atoms with Crippen LogP contribution < -0.4 is 5.32 Å². The summed E-state index contributed by atoms with van der Waals surface area (Å²) in [5, 5.41) is 4.99. The van der Waals surface area contributed by atoms with Crippen LogP contribution in [-0.4, -0.2) is 15.0 Å². The van der Waals surface area contributed by atoms with Gasteiger partial charge in [0.25, 0.3) is 0 Å². The Bertz CT molecular complexity index is 664. The highest BCUT2D eigenvalue weighted by Gasteiger charge is 2.05. The molecule has 0 unspecified atom stereocenters. The second kappa shape index (κ2) is 4.66. The summed E-state index contributed by atoms with van der Waals surface area (Å²) in [5.41, 5.74) is 2.86. The van der Waals surface area contributed by atoms with Gasteiger partial charge in [0.1, 0.15) is 0 Å². The molecule has 1 aromatic carbocycles. The molecule has 0 saturated heterocycles. The third kappa shape index (κ3) is 2.02. The molecule has 0 spiro atoms. The molecule has 0 amide bonds. The zero-order chi connectivity index (χ0) is 12.4. The van der Waals surface area contributed by atoms with Gasteiger partial charge in [-0.1, -0.05) is 11.6 Å². The maximum atomic E-state index is 6.14. The number of aromatic nitrogens is 3. The van der Waals surface area contributed by atoms with E-state index in [-0.39, 0.29) is 0 Å². The van der Waals surface area contributed by atoms with E-state index in [1.807, 2.05) is 24.3 Å². The number of halogens is 1. The molecule has 0 atom stereocenters. The highest BCUT2D eigenvalue weighted by molar-refractivity contribution is 6.35. The van der Waals surface area contributed by atoms with E-state index >= 15 is 0 Å². The fourth-order valence-corrected chi connectivity index (χ4v) is 2.07. The number of H-pyrrole nitrogens is 1. The number of benzene rings is 1. The molecule has 90 valence electrons. The second-order valence-corrected chi connectivity index (χ2v) is 4.33. The smallest absolute Gasteiger partial charge is 0.0948 e. The van der Waals surface area contributed by atoms with E-state index in [1.165, 1.54) is 0 Å². The monoisotopic (exact) mass is 258 g/mol. The van der Waals surface area contributed by atoms with Crippen LogP contribution in [-0.2, 0) is 6.54 Å². The summed E-state index contributed by atoms with van der Waals surface area (Å²) >= 11 is 6.14. The van der Waals surface area contributed by atoms with E-state index in [1.54, 1.807) is 18.7 Å². The predicted molar refractivity (Wildman–Crippen MR) is 72.7 cm³/mol. The molecule has 0 bridgehead atoms. The Hall–Kier alpha value is -2.07. The van der Waals surface area contributed by atoms with Crippen LogP contribution in [0.5, 0.6) is 0 Å². The fraction of sp³-hybridized carbons (Fsp3) is 0.0769. The number of pyridine rings is 1. The molecule has 2 aromatic heterocycles. The van der Waals surface area contributed by atoms with Crippen molar-refractivity contribution in [3.8, 4) is 0 Å². The molecule has 3 rings (SSSR count). The molecular weight excluding hydrogens is 248 g/mol. The Labute approximate surface area is 109 Å². The van der Waals surface area contributed by atoms with Gasteiger partial charge in [-0.3, -0.25) is 4.98 Å². The Morgan fingerprint density at radius 1 is 1.28 bits per heavy atom. The van der Waals surface area contributed by atoms with Gasteiger partial charge in [-0.15, -0.1) is 0 Å². The Morgan fingerprint density at radius 3 is 3.06 bits per heavy atom. The molecule has 5 heteroatoms. The minimum Gasteiger partial charge on any atom is -0.378 e. The van der Waals surface area contributed by atoms with Crippen LogP contribution in [0.2, 0.25) is 5.02 Å². The van der Waals surface area contributed by atoms with Crippen LogP contribution in [0.15, 0.2) is 43.0 Å². The molecule has 0 aliphatic heterocycles. The Balaban J connectivity index is 1.94. The molecule has 18 heavy (non-hydrogen) atoms. The summed E-state index contributed by atoms with van der Waals surface area (Å²) in [6.45, 7) is 0.674. The summed E-state index contributed by atoms with van der Waals surface area (Å²) in [7, 11) is 0. The van der Waals surface area contributed by atoms with Gasteiger partial charge in [-0.25, -0.2) is 4.98 Å². The Kier molecular flexibility index (Phi) is 2.86. The topological polar surface area (TPSA) is 53.6 Å². The number of aromatic amines is 1. The van der Waals surface area contributed by atoms with Crippen molar-refractivity contribution >= 4 is 28.2 Å². The summed E-state index contributed by atoms with van der Waals surface area (Å²) in [6, 6.07) is 7.66. The Morgan fingerprint density at radius 2 is 2.22 bits per heavy atom. The highest BCUT2D eigenvalue weighted by Crippen LogP contribution is 2.28. The average Bonchev–Trinajstić information content (AvgIpc) is 2.92. The zero-order valence-electron chi connectivity index (χ0n) is 9.52. The van der Waals surface area contributed by atoms with Crippen molar-refractivity contribution in [2.75, 3.05) is 5.32 Å². The predicted octanol–water partition coefficient (Wildman–Crippen LogP) is 3.22. The van der Waals surface area contributed by atoms with Crippen LogP contribution >= 0.6 is 11.6 Å². The first-order valence-electron chi connectivity index (χ1n) is 5.59. The fourth-order valence-electron chi connectivity index (χ4n) is 1.85. The first-order valence-corrected chi connectivity index (χ1v) is 5.97. The van der Waals surface area contributed by atoms with Gasteiger partial charge < -0.3 is 10.3 Å². The minimum absolute atomic E-state index is 0.674. The molecule has 0 aliphatic rings. The number of imidazole rings is 1. The van der Waals surface area contributed by atoms with Gasteiger partial charge in [-0.05, 0) is 24.3 Å². The van der Waals surface area contributed by atoms with Crippen molar-refractivity contribution in [2.24, 2.45) is 0 Å². The van der Waals surface area contributed by atoms with Crippen LogP contribution in [0.1, 0.15) is 5.69 Å². The third-order valence-electron chi connectivity index (χ3n) is 2.74. The largest absolute Gasteiger partial charge is 0.378 e. The third-order valence-corrected chi connectivity index (χ3v) is 3.07. The zero-order valence-corrected chi connectivity index (χ0v) is 10.3. The minimum atomic E-state index is 0.674. The number of rotatable bonds is 3. The van der Waals surface area contributed by atoms with E-state index in [4.69, 9.17) is 11.6 Å². The van der Waals surface area contributed by atoms with Crippen molar-refractivity contribution in [1.29, 1.82) is 0 Å². The van der Waals surface area contributed by atoms with Crippen molar-refractivity contribution in [2.45, 2.75) is 6.54 Å². The average molecular weight is 259 g/mol. The molecule has 0 radical (unpaired) electrons. The number of fused-ring (bicyclic) bond motifs is 1. The SMILES string of the molecule is Clc1ccc(NCc2cnc[nH]2)c2ncccc12. The number of nitrogens with zero attached hydrogens (tertiary/aromatic N) is 2. The van der Waals surface area contributed by atoms with Gasteiger partial charge in [0.05, 0.1) is 34.8 Å². The van der Waals surface area contributed by atoms with Crippen LogP contribution in [0, 0.1) is 0 Å². The molecule has 4 nitrogen and oxygen atoms in total. The summed E-state index contributed by atoms with van der Waals surface area (Å²) in [4.78, 5) is 11.4.